The van der Waals surface area contributed by atoms with Gasteiger partial charge in [-0.2, -0.15) is 0 Å². The average Bonchev–Trinajstić information content (AvgIpc) is 2.56. The highest BCUT2D eigenvalue weighted by Crippen LogP contribution is 2.27. The quantitative estimate of drug-likeness (QED) is 0.800. The SMILES string of the molecule is CCCNC(COc1ccccc1OC)c1ccccc1. The van der Waals surface area contributed by atoms with Gasteiger partial charge in [-0.05, 0) is 30.7 Å². The van der Waals surface area contributed by atoms with Gasteiger partial charge in [-0.25, -0.2) is 0 Å². The van der Waals surface area contributed by atoms with Crippen molar-refractivity contribution in [2.45, 2.75) is 19.4 Å². The molecule has 1 atom stereocenters. The molecule has 0 bridgehead atoms. The molecule has 0 radical (unpaired) electrons. The Morgan fingerprint density at radius 2 is 1.62 bits per heavy atom. The van der Waals surface area contributed by atoms with Crippen molar-refractivity contribution in [1.82, 2.24) is 5.32 Å². The molecule has 0 aliphatic heterocycles. The van der Waals surface area contributed by atoms with E-state index in [4.69, 9.17) is 9.47 Å². The Morgan fingerprint density at radius 1 is 0.952 bits per heavy atom. The molecule has 1 unspecified atom stereocenters. The fraction of sp³-hybridized carbons (Fsp3) is 0.333. The average molecular weight is 285 g/mol. The molecule has 2 rings (SSSR count). The van der Waals surface area contributed by atoms with Crippen molar-refractivity contribution in [1.29, 1.82) is 0 Å². The second kappa shape index (κ2) is 8.32. The molecule has 3 heteroatoms. The molecule has 2 aromatic carbocycles. The van der Waals surface area contributed by atoms with Crippen molar-refractivity contribution in [2.75, 3.05) is 20.3 Å². The molecule has 0 aromatic heterocycles. The molecule has 0 saturated carbocycles. The van der Waals surface area contributed by atoms with Gasteiger partial charge in [-0.1, -0.05) is 49.4 Å². The molecular formula is C18H23NO2. The first-order valence-electron chi connectivity index (χ1n) is 7.39. The number of hydrogen-bond acceptors (Lipinski definition) is 3. The lowest BCUT2D eigenvalue weighted by atomic mass is 10.1. The zero-order chi connectivity index (χ0) is 14.9. The summed E-state index contributed by atoms with van der Waals surface area (Å²) >= 11 is 0. The molecule has 0 aliphatic carbocycles. The molecule has 112 valence electrons. The number of nitrogens with one attached hydrogen (secondary N) is 1. The zero-order valence-corrected chi connectivity index (χ0v) is 12.7. The maximum absolute atomic E-state index is 5.95. The number of ether oxygens (including phenoxy) is 2. The van der Waals surface area contributed by atoms with E-state index >= 15 is 0 Å². The Bertz CT molecular complexity index is 528. The van der Waals surface area contributed by atoms with Gasteiger partial charge in [-0.15, -0.1) is 0 Å². The highest BCUT2D eigenvalue weighted by Gasteiger charge is 2.12. The lowest BCUT2D eigenvalue weighted by Gasteiger charge is -2.20. The first kappa shape index (κ1) is 15.4. The minimum atomic E-state index is 0.177. The summed E-state index contributed by atoms with van der Waals surface area (Å²) in [7, 11) is 1.66. The van der Waals surface area contributed by atoms with Gasteiger partial charge in [0.1, 0.15) is 6.61 Å². The van der Waals surface area contributed by atoms with Crippen molar-refractivity contribution in [2.24, 2.45) is 0 Å². The van der Waals surface area contributed by atoms with Crippen molar-refractivity contribution in [3.63, 3.8) is 0 Å². The van der Waals surface area contributed by atoms with Gasteiger partial charge in [0.15, 0.2) is 11.5 Å². The molecule has 0 saturated heterocycles. The monoisotopic (exact) mass is 285 g/mol. The number of para-hydroxylation sites is 2. The van der Waals surface area contributed by atoms with Gasteiger partial charge in [-0.3, -0.25) is 0 Å². The molecule has 2 aromatic rings. The van der Waals surface area contributed by atoms with Crippen molar-refractivity contribution in [3.8, 4) is 11.5 Å². The molecule has 0 heterocycles. The molecular weight excluding hydrogens is 262 g/mol. The predicted octanol–water partition coefficient (Wildman–Crippen LogP) is 3.81. The van der Waals surface area contributed by atoms with Crippen molar-refractivity contribution >= 4 is 0 Å². The third-order valence-electron chi connectivity index (χ3n) is 3.32. The largest absolute Gasteiger partial charge is 0.493 e. The molecule has 3 nitrogen and oxygen atoms in total. The molecule has 21 heavy (non-hydrogen) atoms. The Morgan fingerprint density at radius 3 is 2.29 bits per heavy atom. The first-order chi connectivity index (χ1) is 10.3. The maximum Gasteiger partial charge on any atom is 0.161 e. The van der Waals surface area contributed by atoms with Gasteiger partial charge in [0.2, 0.25) is 0 Å². The Hall–Kier alpha value is -2.00. The number of methoxy groups -OCH3 is 1. The maximum atomic E-state index is 5.95. The first-order valence-corrected chi connectivity index (χ1v) is 7.39. The third kappa shape index (κ3) is 4.50. The van der Waals surface area contributed by atoms with Crippen LogP contribution in [-0.4, -0.2) is 20.3 Å². The Labute approximate surface area is 126 Å². The lowest BCUT2D eigenvalue weighted by molar-refractivity contribution is 0.253. The minimum Gasteiger partial charge on any atom is -0.493 e. The number of hydrogen-bond donors (Lipinski definition) is 1. The molecule has 0 fully saturated rings. The Balaban J connectivity index is 2.05. The highest BCUT2D eigenvalue weighted by molar-refractivity contribution is 5.39. The van der Waals surface area contributed by atoms with Crippen LogP contribution in [-0.2, 0) is 0 Å². The van der Waals surface area contributed by atoms with E-state index in [9.17, 15) is 0 Å². The lowest BCUT2D eigenvalue weighted by Crippen LogP contribution is -2.27. The van der Waals surface area contributed by atoms with Crippen LogP contribution in [0.4, 0.5) is 0 Å². The second-order valence-electron chi connectivity index (χ2n) is 4.88. The van der Waals surface area contributed by atoms with Crippen molar-refractivity contribution in [3.05, 3.63) is 60.2 Å². The summed E-state index contributed by atoms with van der Waals surface area (Å²) in [6, 6.07) is 18.3. The van der Waals surface area contributed by atoms with Crippen molar-refractivity contribution < 1.29 is 9.47 Å². The van der Waals surface area contributed by atoms with Crippen LogP contribution >= 0.6 is 0 Å². The van der Waals surface area contributed by atoms with Gasteiger partial charge in [0, 0.05) is 0 Å². The van der Waals surface area contributed by atoms with Crippen LogP contribution in [0, 0.1) is 0 Å². The van der Waals surface area contributed by atoms with Gasteiger partial charge in [0.25, 0.3) is 0 Å². The minimum absolute atomic E-state index is 0.177. The summed E-state index contributed by atoms with van der Waals surface area (Å²) in [6.07, 6.45) is 1.10. The van der Waals surface area contributed by atoms with E-state index < -0.39 is 0 Å². The van der Waals surface area contributed by atoms with Crippen LogP contribution < -0.4 is 14.8 Å². The third-order valence-corrected chi connectivity index (χ3v) is 3.32. The van der Waals surface area contributed by atoms with Crippen LogP contribution in [0.5, 0.6) is 11.5 Å². The summed E-state index contributed by atoms with van der Waals surface area (Å²) in [4.78, 5) is 0. The van der Waals surface area contributed by atoms with E-state index in [0.717, 1.165) is 24.5 Å². The van der Waals surface area contributed by atoms with Gasteiger partial charge < -0.3 is 14.8 Å². The van der Waals surface area contributed by atoms with Crippen LogP contribution in [0.15, 0.2) is 54.6 Å². The summed E-state index contributed by atoms with van der Waals surface area (Å²) in [5.74, 6) is 1.54. The Kier molecular flexibility index (Phi) is 6.10. The normalized spacial score (nSPS) is 11.9. The topological polar surface area (TPSA) is 30.5 Å². The molecule has 0 aliphatic rings. The highest BCUT2D eigenvalue weighted by atomic mass is 16.5. The van der Waals surface area contributed by atoms with E-state index in [2.05, 4.69) is 36.5 Å². The van der Waals surface area contributed by atoms with Gasteiger partial charge in [0.05, 0.1) is 13.2 Å². The summed E-state index contributed by atoms with van der Waals surface area (Å²) < 4.78 is 11.3. The molecule has 1 N–H and O–H groups in total. The number of benzene rings is 2. The van der Waals surface area contributed by atoms with Gasteiger partial charge >= 0.3 is 0 Å². The summed E-state index contributed by atoms with van der Waals surface area (Å²) in [5, 5.41) is 3.53. The number of rotatable bonds is 8. The summed E-state index contributed by atoms with van der Waals surface area (Å²) in [5.41, 5.74) is 1.24. The van der Waals surface area contributed by atoms with Crippen LogP contribution in [0.1, 0.15) is 24.9 Å². The van der Waals surface area contributed by atoms with E-state index in [1.807, 2.05) is 30.3 Å². The van der Waals surface area contributed by atoms with E-state index in [-0.39, 0.29) is 6.04 Å². The van der Waals surface area contributed by atoms with E-state index in [0.29, 0.717) is 6.61 Å². The van der Waals surface area contributed by atoms with E-state index in [1.165, 1.54) is 5.56 Å². The molecule has 0 spiro atoms. The van der Waals surface area contributed by atoms with Crippen LogP contribution in [0.2, 0.25) is 0 Å². The standard InChI is InChI=1S/C18H23NO2/c1-3-13-19-16(15-9-5-4-6-10-15)14-21-18-12-8-7-11-17(18)20-2/h4-12,16,19H,3,13-14H2,1-2H3. The zero-order valence-electron chi connectivity index (χ0n) is 12.7. The van der Waals surface area contributed by atoms with Crippen LogP contribution in [0.25, 0.3) is 0 Å². The summed E-state index contributed by atoms with van der Waals surface area (Å²) in [6.45, 7) is 3.70. The smallest absolute Gasteiger partial charge is 0.161 e. The second-order valence-corrected chi connectivity index (χ2v) is 4.88. The molecule has 0 amide bonds. The predicted molar refractivity (Wildman–Crippen MR) is 86.0 cm³/mol. The fourth-order valence-electron chi connectivity index (χ4n) is 2.19. The van der Waals surface area contributed by atoms with Crippen LogP contribution in [0.3, 0.4) is 0 Å². The fourth-order valence-corrected chi connectivity index (χ4v) is 2.19. The van der Waals surface area contributed by atoms with E-state index in [1.54, 1.807) is 7.11 Å².